The number of hydrogen-bond donors (Lipinski definition) is 0. The zero-order valence-electron chi connectivity index (χ0n) is 29.0. The zero-order chi connectivity index (χ0) is 29.6. The maximum absolute atomic E-state index is 5.88. The summed E-state index contributed by atoms with van der Waals surface area (Å²) in [7, 11) is 0. The Hall–Kier alpha value is 2.05. The van der Waals surface area contributed by atoms with E-state index in [0.717, 1.165) is 76.8 Å². The van der Waals surface area contributed by atoms with E-state index in [-0.39, 0.29) is 65.4 Å². The van der Waals surface area contributed by atoms with Crippen LogP contribution in [0.1, 0.15) is 131 Å². The second kappa shape index (κ2) is 30.4. The molecule has 0 bridgehead atoms. The molecule has 8 atom stereocenters. The molecule has 8 unspecified atom stereocenters. The summed E-state index contributed by atoms with van der Waals surface area (Å²) in [5.41, 5.74) is 0. The normalized spacial score (nSPS) is 33.1. The fourth-order valence-electron chi connectivity index (χ4n) is 7.59. The smallest absolute Gasteiger partial charge is 0.146 e. The van der Waals surface area contributed by atoms with Crippen molar-refractivity contribution in [3.05, 3.63) is 13.8 Å². The molecule has 0 saturated carbocycles. The van der Waals surface area contributed by atoms with Gasteiger partial charge in [0.15, 0.2) is 0 Å². The topological polar surface area (TPSA) is 36.9 Å². The van der Waals surface area contributed by atoms with Gasteiger partial charge < -0.3 is 32.8 Å². The van der Waals surface area contributed by atoms with E-state index in [1.54, 1.807) is 0 Å². The first kappa shape index (κ1) is 46.2. The summed E-state index contributed by atoms with van der Waals surface area (Å²) in [6, 6.07) is 0. The summed E-state index contributed by atoms with van der Waals surface area (Å²) < 4.78 is 23.5. The largest absolute Gasteiger partial charge is 0.355 e. The van der Waals surface area contributed by atoms with Crippen LogP contribution in [-0.4, -0.2) is 40.0 Å². The van der Waals surface area contributed by atoms with Gasteiger partial charge in [0.2, 0.25) is 0 Å². The molecule has 1 heterocycles. The summed E-state index contributed by atoms with van der Waals surface area (Å²) in [5, 5.41) is 0. The second-order valence-electron chi connectivity index (χ2n) is 13.2. The third kappa shape index (κ3) is 19.6. The van der Waals surface area contributed by atoms with Crippen molar-refractivity contribution in [2.45, 2.75) is 131 Å². The average Bonchev–Trinajstić information content (AvgIpc) is 2.94. The van der Waals surface area contributed by atoms with Crippen LogP contribution >= 0.6 is 0 Å². The first-order chi connectivity index (χ1) is 19.4. The minimum absolute atomic E-state index is 0. The summed E-state index contributed by atoms with van der Waals surface area (Å²) in [5.74, 6) is 5.57. The van der Waals surface area contributed by atoms with Crippen LogP contribution in [0.3, 0.4) is 0 Å². The van der Waals surface area contributed by atoms with Crippen molar-refractivity contribution in [1.82, 2.24) is 0 Å². The van der Waals surface area contributed by atoms with Gasteiger partial charge in [-0.1, -0.05) is 79.1 Å². The molecule has 4 nitrogen and oxygen atoms in total. The number of rotatable bonds is 6. The first-order valence-electron chi connectivity index (χ1n) is 17.3. The summed E-state index contributed by atoms with van der Waals surface area (Å²) >= 11 is 0. The van der Waals surface area contributed by atoms with Crippen LogP contribution in [0, 0.1) is 61.2 Å². The SMILES string of the molecule is [CH2-]CC1C(C)CCCOCOCCCC(C)C(C[CH2-])C(CCC)C(C)CCCOCOCCCC(C)C1CCC.[Y].[Y]. The van der Waals surface area contributed by atoms with Gasteiger partial charge in [-0.15, -0.1) is 0 Å². The summed E-state index contributed by atoms with van der Waals surface area (Å²) in [4.78, 5) is 0. The molecule has 0 amide bonds. The van der Waals surface area contributed by atoms with Crippen molar-refractivity contribution in [1.29, 1.82) is 0 Å². The molecule has 0 N–H and O–H groups in total. The second-order valence-corrected chi connectivity index (χ2v) is 13.2. The van der Waals surface area contributed by atoms with Crippen molar-refractivity contribution < 1.29 is 84.4 Å². The van der Waals surface area contributed by atoms with Crippen molar-refractivity contribution in [2.75, 3.05) is 40.0 Å². The van der Waals surface area contributed by atoms with Crippen LogP contribution in [-0.2, 0) is 84.4 Å². The molecule has 0 aliphatic carbocycles. The average molecular weight is 745 g/mol. The fraction of sp³-hybridized carbons (Fsp3) is 0.944. The maximum atomic E-state index is 5.88. The third-order valence-corrected chi connectivity index (χ3v) is 10.1. The molecule has 246 valence electrons. The van der Waals surface area contributed by atoms with Gasteiger partial charge in [-0.3, -0.25) is 0 Å². The zero-order valence-corrected chi connectivity index (χ0v) is 34.6. The molecule has 0 spiro atoms. The van der Waals surface area contributed by atoms with Crippen LogP contribution in [0.25, 0.3) is 0 Å². The predicted octanol–water partition coefficient (Wildman–Crippen LogP) is 10.2. The predicted molar refractivity (Wildman–Crippen MR) is 171 cm³/mol. The molecular formula is C36H70O4Y2-2. The maximum Gasteiger partial charge on any atom is 0.146 e. The van der Waals surface area contributed by atoms with E-state index >= 15 is 0 Å². The number of hydrogen-bond acceptors (Lipinski definition) is 4. The Bertz CT molecular complexity index is 521. The van der Waals surface area contributed by atoms with Gasteiger partial charge in [-0.25, -0.2) is 0 Å². The molecule has 1 aliphatic rings. The molecule has 0 aromatic carbocycles. The van der Waals surface area contributed by atoms with E-state index < -0.39 is 0 Å². The van der Waals surface area contributed by atoms with Crippen molar-refractivity contribution >= 4 is 0 Å². The van der Waals surface area contributed by atoms with Gasteiger partial charge in [0.1, 0.15) is 13.6 Å². The van der Waals surface area contributed by atoms with Crippen LogP contribution < -0.4 is 0 Å². The Labute approximate surface area is 314 Å². The van der Waals surface area contributed by atoms with Gasteiger partial charge >= 0.3 is 0 Å². The van der Waals surface area contributed by atoms with Crippen LogP contribution in [0.4, 0.5) is 0 Å². The van der Waals surface area contributed by atoms with Gasteiger partial charge in [-0.05, 0) is 86.9 Å². The van der Waals surface area contributed by atoms with Gasteiger partial charge in [0.05, 0.1) is 0 Å². The minimum atomic E-state index is 0. The Kier molecular flexibility index (Phi) is 33.4. The van der Waals surface area contributed by atoms with Crippen LogP contribution in [0.15, 0.2) is 0 Å². The summed E-state index contributed by atoms with van der Waals surface area (Å²) in [6.07, 6.45) is 16.4. The molecule has 1 fully saturated rings. The molecule has 0 aromatic heterocycles. The molecular weight excluding hydrogens is 674 g/mol. The molecule has 1 rings (SSSR count). The van der Waals surface area contributed by atoms with Crippen LogP contribution in [0.5, 0.6) is 0 Å². The molecule has 6 heteroatoms. The molecule has 42 heavy (non-hydrogen) atoms. The summed E-state index contributed by atoms with van der Waals surface area (Å²) in [6.45, 7) is 27.2. The molecule has 0 aromatic rings. The van der Waals surface area contributed by atoms with Crippen molar-refractivity contribution in [2.24, 2.45) is 47.3 Å². The van der Waals surface area contributed by atoms with Gasteiger partial charge in [0.25, 0.3) is 0 Å². The molecule has 1 saturated heterocycles. The van der Waals surface area contributed by atoms with Crippen molar-refractivity contribution in [3.63, 3.8) is 0 Å². The Morgan fingerprint density at radius 3 is 0.976 bits per heavy atom. The molecule has 2 radical (unpaired) electrons. The van der Waals surface area contributed by atoms with E-state index in [9.17, 15) is 0 Å². The van der Waals surface area contributed by atoms with E-state index in [1.807, 2.05) is 0 Å². The fourth-order valence-corrected chi connectivity index (χ4v) is 7.59. The Morgan fingerprint density at radius 2 is 0.738 bits per heavy atom. The van der Waals surface area contributed by atoms with E-state index in [0.29, 0.717) is 49.1 Å². The van der Waals surface area contributed by atoms with Crippen molar-refractivity contribution in [3.8, 4) is 0 Å². The standard InChI is InChI=1S/C36H70O4.2Y/c1-9-17-35-31(7)21-15-25-39-28-40-26-16-22-32(8)36(18-10-2)34(12-4)30(6)20-14-24-38-27-37-23-13-19-29(5)33(35)11-3;;/h29-36H,3-4,9-28H2,1-2,5-8H3;;/q-2;;. The van der Waals surface area contributed by atoms with Gasteiger partial charge in [0, 0.05) is 91.8 Å². The van der Waals surface area contributed by atoms with Crippen LogP contribution in [0.2, 0.25) is 0 Å². The van der Waals surface area contributed by atoms with Gasteiger partial charge in [-0.2, -0.15) is 12.8 Å². The monoisotopic (exact) mass is 744 g/mol. The minimum Gasteiger partial charge on any atom is -0.355 e. The quantitative estimate of drug-likeness (QED) is 0.254. The third-order valence-electron chi connectivity index (χ3n) is 10.1. The first-order valence-corrected chi connectivity index (χ1v) is 17.3. The Balaban J connectivity index is 0. The van der Waals surface area contributed by atoms with E-state index in [2.05, 4.69) is 55.4 Å². The Morgan fingerprint density at radius 1 is 0.476 bits per heavy atom. The van der Waals surface area contributed by atoms with E-state index in [1.165, 1.54) is 51.4 Å². The van der Waals surface area contributed by atoms with E-state index in [4.69, 9.17) is 18.9 Å². The number of ether oxygens (including phenoxy) is 4. The molecule has 1 aliphatic heterocycles.